The second-order valence-electron chi connectivity index (χ2n) is 4.13. The standard InChI is InChI=1S/C12H19NO3/c1-8(2)13-6-12(16)9-3-4-11(15)10(5-9)7-14/h3-5,8,12-16H,6-7H2,1-2H3. The van der Waals surface area contributed by atoms with Crippen LogP contribution in [0.15, 0.2) is 18.2 Å². The summed E-state index contributed by atoms with van der Waals surface area (Å²) in [4.78, 5) is 0. The van der Waals surface area contributed by atoms with Crippen molar-refractivity contribution in [3.05, 3.63) is 29.3 Å². The maximum atomic E-state index is 9.85. The molecule has 1 aromatic carbocycles. The summed E-state index contributed by atoms with van der Waals surface area (Å²) in [6, 6.07) is 5.06. The van der Waals surface area contributed by atoms with Crippen LogP contribution in [0.25, 0.3) is 0 Å². The van der Waals surface area contributed by atoms with Gasteiger partial charge in [-0.25, -0.2) is 0 Å². The van der Waals surface area contributed by atoms with Gasteiger partial charge >= 0.3 is 0 Å². The van der Waals surface area contributed by atoms with Crippen molar-refractivity contribution in [3.63, 3.8) is 0 Å². The minimum absolute atomic E-state index is 0.0512. The van der Waals surface area contributed by atoms with E-state index in [1.54, 1.807) is 12.1 Å². The van der Waals surface area contributed by atoms with Crippen LogP contribution in [0.4, 0.5) is 0 Å². The molecule has 0 aromatic heterocycles. The Hall–Kier alpha value is -1.10. The molecule has 0 fully saturated rings. The zero-order valence-corrected chi connectivity index (χ0v) is 9.64. The molecule has 90 valence electrons. The summed E-state index contributed by atoms with van der Waals surface area (Å²) >= 11 is 0. The van der Waals surface area contributed by atoms with Gasteiger partial charge in [-0.1, -0.05) is 19.9 Å². The van der Waals surface area contributed by atoms with Crippen molar-refractivity contribution in [2.75, 3.05) is 6.54 Å². The summed E-state index contributed by atoms with van der Waals surface area (Å²) in [5.41, 5.74) is 1.12. The lowest BCUT2D eigenvalue weighted by molar-refractivity contribution is 0.171. The normalized spacial score (nSPS) is 13.1. The summed E-state index contributed by atoms with van der Waals surface area (Å²) in [5, 5.41) is 31.3. The molecular formula is C12H19NO3. The van der Waals surface area contributed by atoms with Crippen molar-refractivity contribution in [2.24, 2.45) is 0 Å². The van der Waals surface area contributed by atoms with Crippen molar-refractivity contribution < 1.29 is 15.3 Å². The van der Waals surface area contributed by atoms with Crippen molar-refractivity contribution in [2.45, 2.75) is 32.6 Å². The molecule has 1 unspecified atom stereocenters. The van der Waals surface area contributed by atoms with Crippen LogP contribution in [0.3, 0.4) is 0 Å². The maximum absolute atomic E-state index is 9.85. The largest absolute Gasteiger partial charge is 0.508 e. The second kappa shape index (κ2) is 5.84. The van der Waals surface area contributed by atoms with Crippen LogP contribution in [0.2, 0.25) is 0 Å². The number of hydrogen-bond donors (Lipinski definition) is 4. The highest BCUT2D eigenvalue weighted by atomic mass is 16.3. The molecule has 0 spiro atoms. The average Bonchev–Trinajstić information content (AvgIpc) is 2.26. The highest BCUT2D eigenvalue weighted by molar-refractivity contribution is 5.36. The zero-order chi connectivity index (χ0) is 12.1. The van der Waals surface area contributed by atoms with Crippen molar-refractivity contribution in [1.82, 2.24) is 5.32 Å². The summed E-state index contributed by atoms with van der Waals surface area (Å²) in [5.74, 6) is 0.0512. The highest BCUT2D eigenvalue weighted by Gasteiger charge is 2.10. The van der Waals surface area contributed by atoms with Crippen molar-refractivity contribution >= 4 is 0 Å². The molecule has 0 amide bonds. The van der Waals surface area contributed by atoms with Gasteiger partial charge in [0.15, 0.2) is 0 Å². The number of phenols is 1. The number of hydrogen-bond acceptors (Lipinski definition) is 4. The van der Waals surface area contributed by atoms with E-state index in [1.165, 1.54) is 6.07 Å². The van der Waals surface area contributed by atoms with E-state index in [-0.39, 0.29) is 12.4 Å². The molecule has 0 radical (unpaired) electrons. The maximum Gasteiger partial charge on any atom is 0.121 e. The molecule has 0 saturated heterocycles. The minimum atomic E-state index is -0.631. The van der Waals surface area contributed by atoms with E-state index in [1.807, 2.05) is 13.8 Å². The topological polar surface area (TPSA) is 72.7 Å². The second-order valence-corrected chi connectivity index (χ2v) is 4.13. The van der Waals surface area contributed by atoms with Gasteiger partial charge in [-0.05, 0) is 17.7 Å². The molecule has 1 atom stereocenters. The third-order valence-corrected chi connectivity index (χ3v) is 2.38. The molecule has 0 aliphatic carbocycles. The molecule has 1 aromatic rings. The number of aliphatic hydroxyl groups excluding tert-OH is 2. The smallest absolute Gasteiger partial charge is 0.121 e. The van der Waals surface area contributed by atoms with E-state index in [0.29, 0.717) is 23.7 Å². The van der Waals surface area contributed by atoms with E-state index in [4.69, 9.17) is 5.11 Å². The number of nitrogens with one attached hydrogen (secondary N) is 1. The number of benzene rings is 1. The number of aromatic hydroxyl groups is 1. The Morgan fingerprint density at radius 3 is 2.56 bits per heavy atom. The number of aliphatic hydroxyl groups is 2. The summed E-state index contributed by atoms with van der Waals surface area (Å²) in [7, 11) is 0. The van der Waals surface area contributed by atoms with Gasteiger partial charge in [0.25, 0.3) is 0 Å². The Bertz CT molecular complexity index is 339. The lowest BCUT2D eigenvalue weighted by atomic mass is 10.1. The predicted octanol–water partition coefficient (Wildman–Crippen LogP) is 0.916. The monoisotopic (exact) mass is 225 g/mol. The van der Waals surface area contributed by atoms with Crippen LogP contribution in [0.1, 0.15) is 31.1 Å². The lowest BCUT2D eigenvalue weighted by Gasteiger charge is -2.15. The van der Waals surface area contributed by atoms with Crippen LogP contribution in [0, 0.1) is 0 Å². The average molecular weight is 225 g/mol. The first kappa shape index (κ1) is 13.0. The fraction of sp³-hybridized carbons (Fsp3) is 0.500. The molecule has 4 N–H and O–H groups in total. The van der Waals surface area contributed by atoms with Gasteiger partial charge in [0, 0.05) is 18.2 Å². The van der Waals surface area contributed by atoms with Crippen LogP contribution in [-0.4, -0.2) is 27.9 Å². The molecule has 1 rings (SSSR count). The molecule has 0 saturated carbocycles. The summed E-state index contributed by atoms with van der Waals surface area (Å²) in [6.45, 7) is 4.22. The van der Waals surface area contributed by atoms with Gasteiger partial charge in [0.1, 0.15) is 5.75 Å². The molecule has 0 heterocycles. The zero-order valence-electron chi connectivity index (χ0n) is 9.64. The molecule has 0 aliphatic heterocycles. The molecule has 4 nitrogen and oxygen atoms in total. The Balaban J connectivity index is 2.72. The van der Waals surface area contributed by atoms with Crippen LogP contribution in [-0.2, 0) is 6.61 Å². The van der Waals surface area contributed by atoms with E-state index >= 15 is 0 Å². The van der Waals surface area contributed by atoms with Gasteiger partial charge in [-0.2, -0.15) is 0 Å². The molecule has 4 heteroatoms. The predicted molar refractivity (Wildman–Crippen MR) is 62.1 cm³/mol. The first-order valence-electron chi connectivity index (χ1n) is 5.38. The van der Waals surface area contributed by atoms with Crippen LogP contribution < -0.4 is 5.32 Å². The van der Waals surface area contributed by atoms with E-state index in [0.717, 1.165) is 0 Å². The van der Waals surface area contributed by atoms with Gasteiger partial charge in [-0.15, -0.1) is 0 Å². The third kappa shape index (κ3) is 3.48. The van der Waals surface area contributed by atoms with E-state index < -0.39 is 6.10 Å². The Kier molecular flexibility index (Phi) is 4.73. The molecular weight excluding hydrogens is 206 g/mol. The van der Waals surface area contributed by atoms with Gasteiger partial charge in [0.2, 0.25) is 0 Å². The fourth-order valence-corrected chi connectivity index (χ4v) is 1.40. The van der Waals surface area contributed by atoms with Crippen molar-refractivity contribution in [3.8, 4) is 5.75 Å². The summed E-state index contributed by atoms with van der Waals surface area (Å²) in [6.07, 6.45) is -0.631. The van der Waals surface area contributed by atoms with Crippen LogP contribution >= 0.6 is 0 Å². The molecule has 16 heavy (non-hydrogen) atoms. The van der Waals surface area contributed by atoms with Gasteiger partial charge in [0.05, 0.1) is 12.7 Å². The van der Waals surface area contributed by atoms with Crippen LogP contribution in [0.5, 0.6) is 5.75 Å². The summed E-state index contributed by atoms with van der Waals surface area (Å²) < 4.78 is 0. The first-order chi connectivity index (χ1) is 7.54. The lowest BCUT2D eigenvalue weighted by Crippen LogP contribution is -2.27. The Labute approximate surface area is 95.6 Å². The third-order valence-electron chi connectivity index (χ3n) is 2.38. The number of rotatable bonds is 5. The first-order valence-corrected chi connectivity index (χ1v) is 5.38. The fourth-order valence-electron chi connectivity index (χ4n) is 1.40. The van der Waals surface area contributed by atoms with Gasteiger partial charge in [-0.3, -0.25) is 0 Å². The van der Waals surface area contributed by atoms with E-state index in [2.05, 4.69) is 5.32 Å². The Morgan fingerprint density at radius 2 is 2.00 bits per heavy atom. The SMILES string of the molecule is CC(C)NCC(O)c1ccc(O)c(CO)c1. The Morgan fingerprint density at radius 1 is 1.31 bits per heavy atom. The van der Waals surface area contributed by atoms with Gasteiger partial charge < -0.3 is 20.6 Å². The highest BCUT2D eigenvalue weighted by Crippen LogP contribution is 2.22. The van der Waals surface area contributed by atoms with Crippen molar-refractivity contribution in [1.29, 1.82) is 0 Å². The van der Waals surface area contributed by atoms with E-state index in [9.17, 15) is 10.2 Å². The molecule has 0 bridgehead atoms. The molecule has 0 aliphatic rings. The quantitative estimate of drug-likeness (QED) is 0.601. The minimum Gasteiger partial charge on any atom is -0.508 e.